The molecule has 0 amide bonds. The van der Waals surface area contributed by atoms with Crippen LogP contribution in [0.2, 0.25) is 0 Å². The molecule has 0 fully saturated rings. The average molecular weight is 434 g/mol. The second-order valence-electron chi connectivity index (χ2n) is 7.18. The van der Waals surface area contributed by atoms with Gasteiger partial charge in [-0.2, -0.15) is 0 Å². The Bertz CT molecular complexity index is 757. The third-order valence-corrected chi connectivity index (χ3v) is 4.36. The van der Waals surface area contributed by atoms with Crippen LogP contribution >= 0.6 is 0 Å². The lowest BCUT2D eigenvalue weighted by molar-refractivity contribution is 0.0184. The number of ether oxygens (including phenoxy) is 5. The minimum absolute atomic E-state index is 0.0268. The summed E-state index contributed by atoms with van der Waals surface area (Å²) < 4.78 is 27.3. The zero-order chi connectivity index (χ0) is 23.2. The summed E-state index contributed by atoms with van der Waals surface area (Å²) in [5, 5.41) is 8.32. The number of allylic oxidation sites excluding steroid dienone is 1. The Morgan fingerprint density at radius 2 is 1.94 bits per heavy atom. The monoisotopic (exact) mass is 433 g/mol. The van der Waals surface area contributed by atoms with Crippen molar-refractivity contribution in [3.8, 4) is 11.5 Å². The van der Waals surface area contributed by atoms with E-state index in [4.69, 9.17) is 29.1 Å². The molecule has 0 unspecified atom stereocenters. The maximum atomic E-state index is 13.1. The Balaban J connectivity index is 3.36. The van der Waals surface area contributed by atoms with Crippen molar-refractivity contribution in [3.63, 3.8) is 0 Å². The molecular formula is C24H35NO6. The number of hydrogen-bond donors (Lipinski definition) is 1. The first kappa shape index (κ1) is 26.2. The van der Waals surface area contributed by atoms with Gasteiger partial charge in [0.2, 0.25) is 6.79 Å². The molecule has 0 aliphatic heterocycles. The van der Waals surface area contributed by atoms with Gasteiger partial charge in [-0.3, -0.25) is 0 Å². The van der Waals surface area contributed by atoms with E-state index in [9.17, 15) is 4.79 Å². The second kappa shape index (κ2) is 14.2. The molecule has 1 aromatic rings. The van der Waals surface area contributed by atoms with Crippen molar-refractivity contribution in [2.24, 2.45) is 5.92 Å². The van der Waals surface area contributed by atoms with Gasteiger partial charge in [-0.1, -0.05) is 32.6 Å². The Morgan fingerprint density at radius 3 is 2.55 bits per heavy atom. The Morgan fingerprint density at radius 1 is 1.19 bits per heavy atom. The summed E-state index contributed by atoms with van der Waals surface area (Å²) in [6, 6.07) is 3.31. The summed E-state index contributed by atoms with van der Waals surface area (Å²) in [5.74, 6) is 0.237. The molecule has 1 rings (SSSR count). The standard InChI is InChI=1S/C24H35NO6/c1-7-10-11-18(6)31-24(26)23-19(13-21(25)17(4)5)12-20(29-15-27-8-2)14-22(23)30-16-28-9-3/h7-8,10,12,14,17-18,25H,2,9,11,13,15-16H2,1,3-6H3/b10-7+,25-21?/t18-/m1/s1. The van der Waals surface area contributed by atoms with Gasteiger partial charge < -0.3 is 29.1 Å². The largest absolute Gasteiger partial charge is 0.466 e. The van der Waals surface area contributed by atoms with Crippen LogP contribution in [0.5, 0.6) is 11.5 Å². The van der Waals surface area contributed by atoms with Gasteiger partial charge in [-0.15, -0.1) is 0 Å². The van der Waals surface area contributed by atoms with Gasteiger partial charge in [0, 0.05) is 31.2 Å². The molecule has 7 nitrogen and oxygen atoms in total. The molecule has 0 spiro atoms. The van der Waals surface area contributed by atoms with Crippen LogP contribution in [0.3, 0.4) is 0 Å². The minimum Gasteiger partial charge on any atom is -0.466 e. The summed E-state index contributed by atoms with van der Waals surface area (Å²) >= 11 is 0. The fourth-order valence-electron chi connectivity index (χ4n) is 2.58. The van der Waals surface area contributed by atoms with Gasteiger partial charge >= 0.3 is 5.97 Å². The van der Waals surface area contributed by atoms with E-state index in [0.29, 0.717) is 30.1 Å². The maximum Gasteiger partial charge on any atom is 0.342 e. The van der Waals surface area contributed by atoms with Crippen molar-refractivity contribution in [1.29, 1.82) is 5.41 Å². The number of benzene rings is 1. The number of carbonyl (C=O) groups is 1. The molecule has 0 heterocycles. The van der Waals surface area contributed by atoms with Gasteiger partial charge in [0.1, 0.15) is 23.2 Å². The van der Waals surface area contributed by atoms with Crippen LogP contribution in [0.4, 0.5) is 0 Å². The highest BCUT2D eigenvalue weighted by molar-refractivity contribution is 5.97. The fraction of sp³-hybridized carbons (Fsp3) is 0.500. The Labute approximate surface area is 185 Å². The van der Waals surface area contributed by atoms with E-state index in [1.165, 1.54) is 6.26 Å². The van der Waals surface area contributed by atoms with Crippen molar-refractivity contribution < 1.29 is 28.5 Å². The molecule has 0 saturated carbocycles. The predicted molar refractivity (Wildman–Crippen MR) is 121 cm³/mol. The molecular weight excluding hydrogens is 398 g/mol. The first-order valence-electron chi connectivity index (χ1n) is 10.5. The normalized spacial score (nSPS) is 11.9. The van der Waals surface area contributed by atoms with Crippen molar-refractivity contribution in [3.05, 3.63) is 48.3 Å². The van der Waals surface area contributed by atoms with Crippen LogP contribution < -0.4 is 9.47 Å². The lowest BCUT2D eigenvalue weighted by Crippen LogP contribution is -2.20. The molecule has 1 N–H and O–H groups in total. The zero-order valence-corrected chi connectivity index (χ0v) is 19.2. The average Bonchev–Trinajstić information content (AvgIpc) is 2.72. The van der Waals surface area contributed by atoms with E-state index in [1.807, 2.05) is 46.8 Å². The second-order valence-corrected chi connectivity index (χ2v) is 7.18. The molecule has 172 valence electrons. The highest BCUT2D eigenvalue weighted by atomic mass is 16.7. The van der Waals surface area contributed by atoms with Crippen molar-refractivity contribution in [1.82, 2.24) is 0 Å². The van der Waals surface area contributed by atoms with Crippen LogP contribution in [0.1, 0.15) is 57.0 Å². The predicted octanol–water partition coefficient (Wildman–Crippen LogP) is 5.29. The molecule has 7 heteroatoms. The summed E-state index contributed by atoms with van der Waals surface area (Å²) in [5.41, 5.74) is 1.34. The van der Waals surface area contributed by atoms with Crippen LogP contribution in [-0.2, 0) is 20.6 Å². The summed E-state index contributed by atoms with van der Waals surface area (Å²) in [4.78, 5) is 13.1. The van der Waals surface area contributed by atoms with Gasteiger partial charge in [0.05, 0.1) is 6.26 Å². The van der Waals surface area contributed by atoms with E-state index in [2.05, 4.69) is 6.58 Å². The zero-order valence-electron chi connectivity index (χ0n) is 19.2. The third kappa shape index (κ3) is 9.26. The van der Waals surface area contributed by atoms with Crippen LogP contribution in [0.25, 0.3) is 0 Å². The maximum absolute atomic E-state index is 13.1. The smallest absolute Gasteiger partial charge is 0.342 e. The molecule has 0 bridgehead atoms. The molecule has 0 saturated heterocycles. The third-order valence-electron chi connectivity index (χ3n) is 4.36. The molecule has 0 radical (unpaired) electrons. The van der Waals surface area contributed by atoms with E-state index in [1.54, 1.807) is 12.1 Å². The number of nitrogens with one attached hydrogen (secondary N) is 1. The van der Waals surface area contributed by atoms with Gasteiger partial charge in [0.25, 0.3) is 0 Å². The SMILES string of the molecule is C=COCOc1cc(CC(=N)C(C)C)c(C(=O)O[C@H](C)C/C=C/C)c(OCOCC)c1. The number of carbonyl (C=O) groups excluding carboxylic acids is 1. The highest BCUT2D eigenvalue weighted by Crippen LogP contribution is 2.31. The number of hydrogen-bond acceptors (Lipinski definition) is 7. The van der Waals surface area contributed by atoms with Crippen LogP contribution in [-0.4, -0.2) is 38.0 Å². The quantitative estimate of drug-likeness (QED) is 0.101. The van der Waals surface area contributed by atoms with Crippen molar-refractivity contribution in [2.45, 2.75) is 53.6 Å². The topological polar surface area (TPSA) is 87.1 Å². The summed E-state index contributed by atoms with van der Waals surface area (Å²) in [6.07, 6.45) is 5.69. The highest BCUT2D eigenvalue weighted by Gasteiger charge is 2.24. The number of rotatable bonds is 15. The fourth-order valence-corrected chi connectivity index (χ4v) is 2.58. The first-order chi connectivity index (χ1) is 14.8. The minimum atomic E-state index is -0.510. The van der Waals surface area contributed by atoms with Crippen LogP contribution in [0.15, 0.2) is 37.1 Å². The van der Waals surface area contributed by atoms with E-state index in [-0.39, 0.29) is 43.3 Å². The van der Waals surface area contributed by atoms with Gasteiger partial charge in [0.15, 0.2) is 6.79 Å². The van der Waals surface area contributed by atoms with Gasteiger partial charge in [-0.05, 0) is 38.3 Å². The van der Waals surface area contributed by atoms with E-state index >= 15 is 0 Å². The molecule has 0 aliphatic rings. The lowest BCUT2D eigenvalue weighted by Gasteiger charge is -2.20. The molecule has 0 aliphatic carbocycles. The molecule has 1 aromatic carbocycles. The number of esters is 1. The molecule has 31 heavy (non-hydrogen) atoms. The molecule has 1 atom stereocenters. The van der Waals surface area contributed by atoms with Crippen molar-refractivity contribution >= 4 is 11.7 Å². The van der Waals surface area contributed by atoms with Crippen molar-refractivity contribution in [2.75, 3.05) is 20.2 Å². The van der Waals surface area contributed by atoms with E-state index in [0.717, 1.165) is 0 Å². The molecule has 0 aromatic heterocycles. The summed E-state index contributed by atoms with van der Waals surface area (Å²) in [6.45, 7) is 13.3. The van der Waals surface area contributed by atoms with Gasteiger partial charge in [-0.25, -0.2) is 4.79 Å². The summed E-state index contributed by atoms with van der Waals surface area (Å²) in [7, 11) is 0. The Hall–Kier alpha value is -2.80. The lowest BCUT2D eigenvalue weighted by atomic mass is 9.95. The van der Waals surface area contributed by atoms with Crippen LogP contribution in [0, 0.1) is 11.3 Å². The Kier molecular flexibility index (Phi) is 12.1. The van der Waals surface area contributed by atoms with E-state index < -0.39 is 5.97 Å². The first-order valence-corrected chi connectivity index (χ1v) is 10.5.